The number of allylic oxidation sites excluding steroid dienone is 1. The van der Waals surface area contributed by atoms with Crippen molar-refractivity contribution < 1.29 is 0 Å². The van der Waals surface area contributed by atoms with Crippen molar-refractivity contribution in [3.05, 3.63) is 216 Å². The van der Waals surface area contributed by atoms with E-state index in [2.05, 4.69) is 217 Å². The lowest BCUT2D eigenvalue weighted by Crippen LogP contribution is -2.13. The average Bonchev–Trinajstić information content (AvgIpc) is 3.83. The molecule has 2 heterocycles. The van der Waals surface area contributed by atoms with Crippen molar-refractivity contribution in [2.75, 3.05) is 0 Å². The maximum absolute atomic E-state index is 2.57. The van der Waals surface area contributed by atoms with Crippen molar-refractivity contribution in [1.82, 2.24) is 9.13 Å². The minimum atomic E-state index is 0.338. The Bertz CT molecular complexity index is 3640. The van der Waals surface area contributed by atoms with Crippen LogP contribution < -0.4 is 0 Å². The van der Waals surface area contributed by atoms with Crippen molar-refractivity contribution in [3.8, 4) is 33.6 Å². The number of rotatable bonds is 4. The van der Waals surface area contributed by atoms with Crippen LogP contribution in [0.2, 0.25) is 0 Å². The minimum Gasteiger partial charge on any atom is -0.313 e. The molecule has 2 unspecified atom stereocenters. The average molecular weight is 793 g/mol. The first-order valence-corrected chi connectivity index (χ1v) is 22.2. The van der Waals surface area contributed by atoms with Gasteiger partial charge < -0.3 is 9.13 Å². The Balaban J connectivity index is 1.06. The molecule has 2 aliphatic rings. The molecule has 0 radical (unpaired) electrons. The van der Waals surface area contributed by atoms with E-state index in [9.17, 15) is 0 Å². The highest BCUT2D eigenvalue weighted by atomic mass is 15.0. The molecule has 2 nitrogen and oxygen atoms in total. The van der Waals surface area contributed by atoms with Gasteiger partial charge in [-0.05, 0) is 157 Å². The van der Waals surface area contributed by atoms with E-state index in [1.54, 1.807) is 0 Å². The van der Waals surface area contributed by atoms with E-state index < -0.39 is 0 Å². The van der Waals surface area contributed by atoms with Gasteiger partial charge in [-0.15, -0.1) is 0 Å². The summed E-state index contributed by atoms with van der Waals surface area (Å²) in [5.74, 6) is 0.679. The van der Waals surface area contributed by atoms with Gasteiger partial charge in [0.05, 0.1) is 16.6 Å². The number of fused-ring (bicyclic) bond motifs is 11. The maximum Gasteiger partial charge on any atom is 0.0547 e. The number of benzene rings is 9. The van der Waals surface area contributed by atoms with Gasteiger partial charge in [0.2, 0.25) is 0 Å². The van der Waals surface area contributed by atoms with E-state index in [0.29, 0.717) is 11.8 Å². The first-order valence-electron chi connectivity index (χ1n) is 22.2. The molecule has 13 rings (SSSR count). The zero-order valence-electron chi connectivity index (χ0n) is 34.9. The molecule has 0 bridgehead atoms. The van der Waals surface area contributed by atoms with E-state index in [0.717, 1.165) is 12.8 Å². The van der Waals surface area contributed by atoms with Gasteiger partial charge in [-0.1, -0.05) is 141 Å². The van der Waals surface area contributed by atoms with Gasteiger partial charge in [0.15, 0.2) is 0 Å². The number of hydrogen-bond acceptors (Lipinski definition) is 0. The fraction of sp³-hybridized carbons (Fsp3) is 0.100. The third-order valence-electron chi connectivity index (χ3n) is 14.5. The molecule has 2 heteroatoms. The van der Waals surface area contributed by atoms with Gasteiger partial charge in [-0.2, -0.15) is 0 Å². The summed E-state index contributed by atoms with van der Waals surface area (Å²) in [7, 11) is 0. The molecular weight excluding hydrogens is 749 g/mol. The van der Waals surface area contributed by atoms with Crippen LogP contribution in [0.3, 0.4) is 0 Å². The highest BCUT2D eigenvalue weighted by molar-refractivity contribution is 6.13. The highest BCUT2D eigenvalue weighted by Crippen LogP contribution is 2.52. The third-order valence-corrected chi connectivity index (χ3v) is 14.5. The number of hydrogen-bond donors (Lipinski definition) is 0. The predicted octanol–water partition coefficient (Wildman–Crippen LogP) is 16.1. The Hall–Kier alpha value is -7.42. The lowest BCUT2D eigenvalue weighted by molar-refractivity contribution is 0.617. The van der Waals surface area contributed by atoms with Crippen LogP contribution in [0.5, 0.6) is 0 Å². The fourth-order valence-corrected chi connectivity index (χ4v) is 11.3. The molecule has 2 aromatic heterocycles. The molecule has 294 valence electrons. The predicted molar refractivity (Wildman–Crippen MR) is 263 cm³/mol. The molecule has 11 aromatic rings. The van der Waals surface area contributed by atoms with Gasteiger partial charge in [-0.25, -0.2) is 0 Å². The Morgan fingerprint density at radius 2 is 0.919 bits per heavy atom. The summed E-state index contributed by atoms with van der Waals surface area (Å²) >= 11 is 0. The fourth-order valence-electron chi connectivity index (χ4n) is 11.3. The normalized spacial score (nSPS) is 15.9. The molecule has 0 fully saturated rings. The molecule has 2 atom stereocenters. The molecule has 2 aliphatic carbocycles. The van der Waals surface area contributed by atoms with Crippen molar-refractivity contribution in [2.24, 2.45) is 0 Å². The number of para-hydroxylation sites is 2. The molecule has 62 heavy (non-hydrogen) atoms. The summed E-state index contributed by atoms with van der Waals surface area (Å²) in [5, 5.41) is 9.12. The summed E-state index contributed by atoms with van der Waals surface area (Å²) in [5.41, 5.74) is 19.8. The largest absolute Gasteiger partial charge is 0.313 e. The summed E-state index contributed by atoms with van der Waals surface area (Å²) in [6.45, 7) is 4.90. The maximum atomic E-state index is 2.57. The Kier molecular flexibility index (Phi) is 7.72. The zero-order chi connectivity index (χ0) is 41.1. The first-order chi connectivity index (χ1) is 30.6. The van der Waals surface area contributed by atoms with E-state index >= 15 is 0 Å². The Labute approximate surface area is 361 Å². The van der Waals surface area contributed by atoms with E-state index in [1.807, 2.05) is 0 Å². The second-order valence-electron chi connectivity index (χ2n) is 17.6. The summed E-state index contributed by atoms with van der Waals surface area (Å²) in [4.78, 5) is 0. The standard InChI is InChI=1S/C60H44N2/c1-37-38(2)50-34-56-54-32-42(48-26-14-18-40-16-10-12-24-46(40)48)28-30-58(54)62(44-21-7-4-8-22-44)60(56)36-52(50)51-35-59-55(33-49(37)51)53-31-41(47-25-13-17-39-15-9-11-23-45(39)47)27-29-57(53)61(59)43-19-5-3-6-20-43/h3-27,29,31-38H,28,30H2,1-2H3. The summed E-state index contributed by atoms with van der Waals surface area (Å²) in [6.07, 6.45) is 4.51. The van der Waals surface area contributed by atoms with Crippen LogP contribution in [-0.2, 0) is 6.42 Å². The lowest BCUT2D eigenvalue weighted by Gasteiger charge is -2.32. The van der Waals surface area contributed by atoms with E-state index in [4.69, 9.17) is 0 Å². The quantitative estimate of drug-likeness (QED) is 0.168. The minimum absolute atomic E-state index is 0.338. The smallest absolute Gasteiger partial charge is 0.0547 e. The van der Waals surface area contributed by atoms with Crippen LogP contribution >= 0.6 is 0 Å². The molecule has 0 amide bonds. The highest BCUT2D eigenvalue weighted by Gasteiger charge is 2.32. The van der Waals surface area contributed by atoms with Crippen molar-refractivity contribution in [2.45, 2.75) is 38.5 Å². The second-order valence-corrected chi connectivity index (χ2v) is 17.6. The van der Waals surface area contributed by atoms with Crippen LogP contribution in [0.4, 0.5) is 0 Å². The van der Waals surface area contributed by atoms with Gasteiger partial charge >= 0.3 is 0 Å². The third kappa shape index (κ3) is 5.16. The van der Waals surface area contributed by atoms with Crippen LogP contribution in [0.15, 0.2) is 188 Å². The molecule has 9 aromatic carbocycles. The van der Waals surface area contributed by atoms with Crippen LogP contribution in [0.25, 0.3) is 99.5 Å². The summed E-state index contributed by atoms with van der Waals surface area (Å²) < 4.78 is 5.06. The lowest BCUT2D eigenvalue weighted by atomic mass is 9.72. The number of aromatic nitrogens is 2. The second kappa shape index (κ2) is 13.5. The first kappa shape index (κ1) is 35.3. The monoisotopic (exact) mass is 792 g/mol. The topological polar surface area (TPSA) is 9.86 Å². The van der Waals surface area contributed by atoms with Crippen LogP contribution in [-0.4, -0.2) is 9.13 Å². The van der Waals surface area contributed by atoms with E-state index in [1.165, 1.54) is 121 Å². The van der Waals surface area contributed by atoms with Crippen molar-refractivity contribution in [1.29, 1.82) is 0 Å². The zero-order valence-corrected chi connectivity index (χ0v) is 34.9. The van der Waals surface area contributed by atoms with Crippen molar-refractivity contribution >= 4 is 65.9 Å². The van der Waals surface area contributed by atoms with Crippen molar-refractivity contribution in [3.63, 3.8) is 0 Å². The Morgan fingerprint density at radius 1 is 0.387 bits per heavy atom. The van der Waals surface area contributed by atoms with Crippen LogP contribution in [0, 0.1) is 0 Å². The van der Waals surface area contributed by atoms with Gasteiger partial charge in [0.1, 0.15) is 0 Å². The van der Waals surface area contributed by atoms with Gasteiger partial charge in [0, 0.05) is 38.8 Å². The van der Waals surface area contributed by atoms with Crippen LogP contribution in [0.1, 0.15) is 60.1 Å². The SMILES string of the molecule is CC1c2cc3c4c(n(-c5ccccc5)c3cc2-c2cc3c(cc2C1C)c1cc(-c2cccc5ccccc25)ccc1n3-c1ccccc1)CCC(c1cccc2ccccc12)=C4. The number of nitrogens with zero attached hydrogens (tertiary/aromatic N) is 2. The van der Waals surface area contributed by atoms with E-state index in [-0.39, 0.29) is 0 Å². The molecule has 0 saturated carbocycles. The summed E-state index contributed by atoms with van der Waals surface area (Å²) in [6, 6.07) is 70.3. The van der Waals surface area contributed by atoms with Gasteiger partial charge in [0.25, 0.3) is 0 Å². The molecule has 0 spiro atoms. The molecule has 0 aliphatic heterocycles. The van der Waals surface area contributed by atoms with Gasteiger partial charge in [-0.3, -0.25) is 0 Å². The molecular formula is C60H44N2. The Morgan fingerprint density at radius 3 is 1.60 bits per heavy atom. The molecule has 0 saturated heterocycles. The molecule has 0 N–H and O–H groups in total.